The molecule has 4 unspecified atom stereocenters. The van der Waals surface area contributed by atoms with Crippen molar-refractivity contribution in [2.45, 2.75) is 62.8 Å². The Balaban J connectivity index is 0.888. The number of nitrogens with one attached hydrogen (secondary N) is 3. The van der Waals surface area contributed by atoms with Gasteiger partial charge in [-0.15, -0.1) is 0 Å². The van der Waals surface area contributed by atoms with Crippen LogP contribution in [0.3, 0.4) is 0 Å². The number of nitrogens with zero attached hydrogens (tertiary/aromatic N) is 4. The van der Waals surface area contributed by atoms with Gasteiger partial charge in [-0.3, -0.25) is 9.69 Å². The number of likely N-dealkylation sites (tertiary alicyclic amines) is 2. The highest BCUT2D eigenvalue weighted by Crippen LogP contribution is 2.35. The Morgan fingerprint density at radius 1 is 0.815 bits per heavy atom. The summed E-state index contributed by atoms with van der Waals surface area (Å²) >= 11 is 0. The first-order valence-corrected chi connectivity index (χ1v) is 18.9. The predicted molar refractivity (Wildman–Crippen MR) is 205 cm³/mol. The Bertz CT molecular complexity index is 2110. The van der Waals surface area contributed by atoms with Gasteiger partial charge in [0.1, 0.15) is 17.8 Å². The first-order chi connectivity index (χ1) is 26.5. The Labute approximate surface area is 315 Å². The van der Waals surface area contributed by atoms with Gasteiger partial charge < -0.3 is 29.7 Å². The zero-order chi connectivity index (χ0) is 36.9. The molecule has 5 aromatic rings. The largest absolute Gasteiger partial charge is 0.453 e. The molecule has 3 fully saturated rings. The number of imidazole rings is 2. The number of methoxy groups -OCH3 is 1. The number of benzene rings is 3. The molecule has 2 amide bonds. The number of hydrogen-bond donors (Lipinski definition) is 3. The van der Waals surface area contributed by atoms with Crippen molar-refractivity contribution in [2.75, 3.05) is 33.4 Å². The van der Waals surface area contributed by atoms with Crippen LogP contribution in [-0.4, -0.2) is 81.2 Å². The Morgan fingerprint density at radius 3 is 2.04 bits per heavy atom. The maximum atomic E-state index is 13.1. The van der Waals surface area contributed by atoms with Gasteiger partial charge in [-0.25, -0.2) is 14.8 Å². The summed E-state index contributed by atoms with van der Waals surface area (Å²) < 4.78 is 10.6. The van der Waals surface area contributed by atoms with Crippen LogP contribution in [0.2, 0.25) is 0 Å². The van der Waals surface area contributed by atoms with Crippen molar-refractivity contribution >= 4 is 12.0 Å². The summed E-state index contributed by atoms with van der Waals surface area (Å²) in [5.41, 5.74) is 6.82. The molecular weight excluding hydrogens is 679 g/mol. The third-order valence-corrected chi connectivity index (χ3v) is 10.8. The summed E-state index contributed by atoms with van der Waals surface area (Å²) in [4.78, 5) is 46.1. The summed E-state index contributed by atoms with van der Waals surface area (Å²) in [5.74, 6) is 8.43. The first kappa shape index (κ1) is 35.3. The van der Waals surface area contributed by atoms with Gasteiger partial charge in [-0.05, 0) is 86.0 Å². The fraction of sp³-hybridized carbons (Fsp3) is 0.349. The number of aromatic nitrogens is 4. The molecule has 11 heteroatoms. The lowest BCUT2D eigenvalue weighted by molar-refractivity contribution is -0.142. The molecule has 276 valence electrons. The monoisotopic (exact) mass is 723 g/mol. The molecule has 0 bridgehead atoms. The van der Waals surface area contributed by atoms with Gasteiger partial charge >= 0.3 is 6.09 Å². The fourth-order valence-corrected chi connectivity index (χ4v) is 7.90. The maximum absolute atomic E-state index is 13.1. The second-order valence-electron chi connectivity index (χ2n) is 14.2. The van der Waals surface area contributed by atoms with E-state index in [0.29, 0.717) is 13.2 Å². The molecule has 0 spiro atoms. The minimum atomic E-state index is -0.442. The van der Waals surface area contributed by atoms with Crippen LogP contribution < -0.4 is 5.32 Å². The molecule has 0 saturated carbocycles. The molecule has 3 aromatic carbocycles. The zero-order valence-electron chi connectivity index (χ0n) is 30.5. The summed E-state index contributed by atoms with van der Waals surface area (Å²) in [5, 5.41) is 3.01. The van der Waals surface area contributed by atoms with E-state index in [1.807, 2.05) is 84.0 Å². The average molecular weight is 724 g/mol. The molecule has 5 heterocycles. The van der Waals surface area contributed by atoms with Gasteiger partial charge in [0.2, 0.25) is 0 Å². The number of hydrogen-bond acceptors (Lipinski definition) is 7. The van der Waals surface area contributed by atoms with Crippen LogP contribution in [0.15, 0.2) is 91.3 Å². The van der Waals surface area contributed by atoms with Crippen LogP contribution in [0.25, 0.3) is 22.5 Å². The number of aromatic amines is 2. The fourth-order valence-electron chi connectivity index (χ4n) is 7.90. The second-order valence-corrected chi connectivity index (χ2v) is 14.2. The minimum absolute atomic E-state index is 0.0404. The smallest absolute Gasteiger partial charge is 0.407 e. The van der Waals surface area contributed by atoms with Gasteiger partial charge in [0.15, 0.2) is 0 Å². The molecule has 3 N–H and O–H groups in total. The average Bonchev–Trinajstić information content (AvgIpc) is 4.07. The molecule has 54 heavy (non-hydrogen) atoms. The van der Waals surface area contributed by atoms with Gasteiger partial charge in [-0.1, -0.05) is 66.4 Å². The molecule has 11 nitrogen and oxygen atoms in total. The molecule has 3 saturated heterocycles. The lowest BCUT2D eigenvalue weighted by atomic mass is 10.1. The molecular formula is C43H45N7O4. The summed E-state index contributed by atoms with van der Waals surface area (Å²) in [7, 11) is 1.39. The highest BCUT2D eigenvalue weighted by Gasteiger charge is 2.37. The molecule has 3 aliphatic heterocycles. The molecule has 8 rings (SSSR count). The number of carbonyl (C=O) groups excluding carboxylic acids is 2. The third-order valence-electron chi connectivity index (χ3n) is 10.8. The Morgan fingerprint density at radius 2 is 1.43 bits per heavy atom. The molecule has 3 aliphatic rings. The van der Waals surface area contributed by atoms with E-state index < -0.39 is 6.09 Å². The predicted octanol–water partition coefficient (Wildman–Crippen LogP) is 6.94. The lowest BCUT2D eigenvalue weighted by Crippen LogP contribution is -2.38. The van der Waals surface area contributed by atoms with E-state index in [0.717, 1.165) is 102 Å². The van der Waals surface area contributed by atoms with Gasteiger partial charge in [0, 0.05) is 30.8 Å². The number of rotatable bonds is 9. The summed E-state index contributed by atoms with van der Waals surface area (Å²) in [6, 6.07) is 26.2. The van der Waals surface area contributed by atoms with Crippen LogP contribution in [0.4, 0.5) is 4.79 Å². The van der Waals surface area contributed by atoms with Crippen molar-refractivity contribution in [3.8, 4) is 34.4 Å². The van der Waals surface area contributed by atoms with Crippen LogP contribution in [-0.2, 0) is 14.3 Å². The van der Waals surface area contributed by atoms with Crippen molar-refractivity contribution in [3.63, 3.8) is 0 Å². The van der Waals surface area contributed by atoms with Crippen molar-refractivity contribution in [1.82, 2.24) is 35.1 Å². The van der Waals surface area contributed by atoms with Crippen molar-refractivity contribution in [2.24, 2.45) is 0 Å². The number of alkyl carbamates (subject to hydrolysis) is 1. The normalized spacial score (nSPS) is 20.4. The Hall–Kier alpha value is -5.70. The third kappa shape index (κ3) is 7.81. The van der Waals surface area contributed by atoms with Crippen LogP contribution in [0.5, 0.6) is 0 Å². The van der Waals surface area contributed by atoms with Crippen molar-refractivity contribution < 1.29 is 19.1 Å². The van der Waals surface area contributed by atoms with Crippen LogP contribution >= 0.6 is 0 Å². The maximum Gasteiger partial charge on any atom is 0.407 e. The SMILES string of the molecule is COC(=O)NC(CN1CCCC1c1ncc(-c2ccc(C#Cc3ccc(-c4cnc(C5CCCN5C(=O)C5CCCO5)[nH]4)cc3)cc2)[nH]1)c1ccccc1. The molecule has 0 radical (unpaired) electrons. The summed E-state index contributed by atoms with van der Waals surface area (Å²) in [6.07, 6.45) is 8.65. The lowest BCUT2D eigenvalue weighted by Gasteiger charge is -2.28. The minimum Gasteiger partial charge on any atom is -0.453 e. The summed E-state index contributed by atoms with van der Waals surface area (Å²) in [6.45, 7) is 2.99. The highest BCUT2D eigenvalue weighted by molar-refractivity contribution is 5.82. The van der Waals surface area contributed by atoms with Crippen LogP contribution in [0.1, 0.15) is 85.0 Å². The van der Waals surface area contributed by atoms with Crippen molar-refractivity contribution in [3.05, 3.63) is 120 Å². The number of carbonyl (C=O) groups is 2. The van der Waals surface area contributed by atoms with E-state index in [1.54, 1.807) is 0 Å². The first-order valence-electron chi connectivity index (χ1n) is 18.9. The van der Waals surface area contributed by atoms with E-state index in [9.17, 15) is 9.59 Å². The number of ether oxygens (including phenoxy) is 2. The number of H-pyrrole nitrogens is 2. The van der Waals surface area contributed by atoms with E-state index in [2.05, 4.69) is 49.1 Å². The van der Waals surface area contributed by atoms with E-state index >= 15 is 0 Å². The second kappa shape index (κ2) is 16.1. The van der Waals surface area contributed by atoms with E-state index in [4.69, 9.17) is 14.5 Å². The Kier molecular flexibility index (Phi) is 10.6. The molecule has 4 atom stereocenters. The van der Waals surface area contributed by atoms with Crippen LogP contribution in [0, 0.1) is 11.8 Å². The van der Waals surface area contributed by atoms with Crippen molar-refractivity contribution in [1.29, 1.82) is 0 Å². The topological polar surface area (TPSA) is 128 Å². The van der Waals surface area contributed by atoms with Gasteiger partial charge in [0.25, 0.3) is 5.91 Å². The van der Waals surface area contributed by atoms with E-state index in [1.165, 1.54) is 7.11 Å². The molecule has 2 aromatic heterocycles. The zero-order valence-corrected chi connectivity index (χ0v) is 30.5. The quantitative estimate of drug-likeness (QED) is 0.141. The molecule has 0 aliphatic carbocycles. The highest BCUT2D eigenvalue weighted by atomic mass is 16.5. The van der Waals surface area contributed by atoms with E-state index in [-0.39, 0.29) is 30.1 Å². The standard InChI is InChI=1S/C43H45N7O4/c1-53-43(52)48-36(31-8-3-2-4-9-31)28-49-23-5-10-37(49)40-44-26-34(46-40)32-19-15-29(16-20-32)13-14-30-17-21-33(22-18-30)35-27-45-41(47-35)38-11-6-24-50(38)42(51)39-12-7-25-54-39/h2-4,8-9,15-22,26-27,36-39H,5-7,10-12,23-25,28H2,1H3,(H,44,46)(H,45,47)(H,48,52). The number of amides is 2. The van der Waals surface area contributed by atoms with Gasteiger partial charge in [0.05, 0.1) is 49.0 Å². The van der Waals surface area contributed by atoms with Gasteiger partial charge in [-0.2, -0.15) is 0 Å².